The van der Waals surface area contributed by atoms with Gasteiger partial charge in [-0.3, -0.25) is 0 Å². The molecule has 3 rings (SSSR count). The van der Waals surface area contributed by atoms with Crippen molar-refractivity contribution in [2.24, 2.45) is 0 Å². The number of aromatic nitrogens is 1. The number of aromatic amines is 1. The van der Waals surface area contributed by atoms with E-state index in [-0.39, 0.29) is 16.9 Å². The van der Waals surface area contributed by atoms with E-state index in [9.17, 15) is 20.4 Å². The van der Waals surface area contributed by atoms with Gasteiger partial charge in [-0.25, -0.2) is 0 Å². The van der Waals surface area contributed by atoms with Gasteiger partial charge in [0.2, 0.25) is 6.29 Å². The maximum absolute atomic E-state index is 10.1. The van der Waals surface area contributed by atoms with Crippen molar-refractivity contribution in [1.82, 2.24) is 4.98 Å². The smallest absolute Gasteiger partial charge is 0.229 e. The molecular formula is C14H15BrClNO6. The second-order valence-electron chi connectivity index (χ2n) is 5.18. The van der Waals surface area contributed by atoms with Gasteiger partial charge in [0, 0.05) is 9.86 Å². The van der Waals surface area contributed by atoms with Crippen LogP contribution in [0.2, 0.25) is 5.15 Å². The van der Waals surface area contributed by atoms with Crippen molar-refractivity contribution in [1.29, 1.82) is 0 Å². The first-order valence-corrected chi connectivity index (χ1v) is 7.95. The maximum Gasteiger partial charge on any atom is 0.229 e. The molecule has 1 aromatic heterocycles. The summed E-state index contributed by atoms with van der Waals surface area (Å²) in [6.07, 6.45) is -7.09. The monoisotopic (exact) mass is 408 g/mol. The van der Waals surface area contributed by atoms with E-state index < -0.39 is 37.3 Å². The Kier molecular flexibility index (Phi) is 4.46. The Balaban J connectivity index is 1.97. The number of H-pyrrole nitrogens is 1. The quantitative estimate of drug-likeness (QED) is 0.511. The average molecular weight is 410 g/mol. The molecule has 5 N–H and O–H groups in total. The maximum atomic E-state index is 10.1. The molecule has 1 aliphatic rings. The molecule has 0 spiro atoms. The number of rotatable bonds is 3. The van der Waals surface area contributed by atoms with Crippen LogP contribution in [0.5, 0.6) is 5.75 Å². The molecule has 1 saturated heterocycles. The summed E-state index contributed by atoms with van der Waals surface area (Å²) in [4.78, 5) is 2.85. The summed E-state index contributed by atoms with van der Waals surface area (Å²) >= 11 is 9.36. The van der Waals surface area contributed by atoms with Crippen molar-refractivity contribution in [3.05, 3.63) is 27.8 Å². The van der Waals surface area contributed by atoms with E-state index in [0.717, 1.165) is 0 Å². The summed E-state index contributed by atoms with van der Waals surface area (Å²) in [6, 6.07) is 3.49. The Morgan fingerprint density at radius 1 is 1.30 bits per heavy atom. The molecule has 23 heavy (non-hydrogen) atoms. The Hall–Kier alpha value is -0.870. The third kappa shape index (κ3) is 3.08. The minimum Gasteiger partial charge on any atom is -0.458 e. The van der Waals surface area contributed by atoms with Gasteiger partial charge in [-0.05, 0) is 18.2 Å². The Labute approximate surface area is 145 Å². The highest BCUT2D eigenvalue weighted by atomic mass is 79.9. The second-order valence-corrected chi connectivity index (χ2v) is 6.41. The predicted octanol–water partition coefficient (Wildman–Crippen LogP) is 0.762. The first kappa shape index (κ1) is 15.6. The summed E-state index contributed by atoms with van der Waals surface area (Å²) in [6.45, 7) is -0.568. The minimum absolute atomic E-state index is 0.0716. The van der Waals surface area contributed by atoms with E-state index in [2.05, 4.69) is 20.9 Å². The zero-order valence-corrected chi connectivity index (χ0v) is 14.0. The van der Waals surface area contributed by atoms with Crippen LogP contribution in [0, 0.1) is 0 Å². The summed E-state index contributed by atoms with van der Waals surface area (Å²) in [7, 11) is 0. The molecule has 1 fully saturated rings. The van der Waals surface area contributed by atoms with Crippen LogP contribution < -0.4 is 4.74 Å². The molecule has 0 radical (unpaired) electrons. The number of fused-ring (bicyclic) bond motifs is 1. The topological polar surface area (TPSA) is 115 Å². The summed E-state index contributed by atoms with van der Waals surface area (Å²) in [5, 5.41) is 39.3. The van der Waals surface area contributed by atoms with Crippen molar-refractivity contribution in [3.63, 3.8) is 0 Å². The van der Waals surface area contributed by atoms with E-state index in [0.29, 0.717) is 15.4 Å². The molecule has 0 saturated carbocycles. The van der Waals surface area contributed by atoms with Gasteiger partial charge >= 0.3 is 0 Å². The third-order valence-electron chi connectivity index (χ3n) is 3.66. The largest absolute Gasteiger partial charge is 0.458 e. The SMILES string of the molecule is [2H]c1c(Br)ccc2[nH]c(Cl)c(OC3O[C@H](CO)[C@H](O)[C@H](O)[C@H]3O)c12. The van der Waals surface area contributed by atoms with Gasteiger partial charge in [-0.2, -0.15) is 0 Å². The van der Waals surface area contributed by atoms with E-state index in [1.54, 1.807) is 12.1 Å². The lowest BCUT2D eigenvalue weighted by Crippen LogP contribution is -2.60. The van der Waals surface area contributed by atoms with Gasteiger partial charge in [-0.1, -0.05) is 27.5 Å². The fourth-order valence-electron chi connectivity index (χ4n) is 2.43. The first-order valence-electron chi connectivity index (χ1n) is 7.28. The number of benzene rings is 1. The van der Waals surface area contributed by atoms with E-state index in [1.165, 1.54) is 0 Å². The molecule has 0 aliphatic carbocycles. The number of nitrogens with one attached hydrogen (secondary N) is 1. The summed E-state index contributed by atoms with van der Waals surface area (Å²) in [5.41, 5.74) is 0.549. The standard InChI is InChI=1S/C14H15BrClNO6/c15-5-1-2-7-6(3-5)12(13(16)17-7)23-14-11(21)10(20)9(19)8(4-18)22-14/h1-3,8-11,14,17-21H,4H2/t8-,9+,10+,11-,14?/m1/s1/i3D. The molecular weight excluding hydrogens is 394 g/mol. The normalized spacial score (nSPS) is 32.1. The van der Waals surface area contributed by atoms with E-state index in [4.69, 9.17) is 22.4 Å². The number of aliphatic hydroxyl groups excluding tert-OH is 4. The molecule has 0 amide bonds. The molecule has 1 aromatic carbocycles. The molecule has 2 aromatic rings. The Morgan fingerprint density at radius 3 is 2.74 bits per heavy atom. The molecule has 1 unspecified atom stereocenters. The number of halogens is 2. The average Bonchev–Trinajstić information content (AvgIpc) is 2.88. The lowest BCUT2D eigenvalue weighted by Gasteiger charge is -2.39. The number of aliphatic hydroxyl groups is 4. The van der Waals surface area contributed by atoms with Gasteiger partial charge in [-0.15, -0.1) is 0 Å². The Morgan fingerprint density at radius 2 is 2.04 bits per heavy atom. The minimum atomic E-state index is -1.56. The van der Waals surface area contributed by atoms with Crippen molar-refractivity contribution in [2.45, 2.75) is 30.7 Å². The van der Waals surface area contributed by atoms with Gasteiger partial charge < -0.3 is 34.9 Å². The van der Waals surface area contributed by atoms with Crippen molar-refractivity contribution < 1.29 is 31.3 Å². The van der Waals surface area contributed by atoms with Gasteiger partial charge in [0.15, 0.2) is 5.75 Å². The highest BCUT2D eigenvalue weighted by Crippen LogP contribution is 2.37. The van der Waals surface area contributed by atoms with Crippen molar-refractivity contribution in [3.8, 4) is 5.75 Å². The van der Waals surface area contributed by atoms with E-state index >= 15 is 0 Å². The highest BCUT2D eigenvalue weighted by Gasteiger charge is 2.45. The second kappa shape index (κ2) is 6.56. The van der Waals surface area contributed by atoms with Crippen LogP contribution in [0.15, 0.2) is 22.6 Å². The van der Waals surface area contributed by atoms with Gasteiger partial charge in [0.05, 0.1) is 13.5 Å². The van der Waals surface area contributed by atoms with Crippen LogP contribution in [0.25, 0.3) is 10.9 Å². The lowest BCUT2D eigenvalue weighted by molar-refractivity contribution is -0.277. The summed E-state index contributed by atoms with van der Waals surface area (Å²) < 4.78 is 19.5. The van der Waals surface area contributed by atoms with Crippen LogP contribution in [-0.4, -0.2) is 62.7 Å². The van der Waals surface area contributed by atoms with Crippen LogP contribution >= 0.6 is 27.5 Å². The molecule has 2 heterocycles. The first-order chi connectivity index (χ1) is 11.3. The third-order valence-corrected chi connectivity index (χ3v) is 4.39. The fraction of sp³-hybridized carbons (Fsp3) is 0.429. The van der Waals surface area contributed by atoms with Crippen LogP contribution in [0.1, 0.15) is 1.37 Å². The zero-order valence-electron chi connectivity index (χ0n) is 12.6. The number of hydrogen-bond donors (Lipinski definition) is 5. The van der Waals surface area contributed by atoms with Crippen molar-refractivity contribution >= 4 is 38.4 Å². The van der Waals surface area contributed by atoms with Crippen LogP contribution in [0.3, 0.4) is 0 Å². The van der Waals surface area contributed by atoms with Crippen LogP contribution in [-0.2, 0) is 4.74 Å². The van der Waals surface area contributed by atoms with Crippen molar-refractivity contribution in [2.75, 3.05) is 6.61 Å². The Bertz CT molecular complexity index is 756. The molecule has 5 atom stereocenters. The lowest BCUT2D eigenvalue weighted by atomic mass is 9.99. The van der Waals surface area contributed by atoms with E-state index in [1.807, 2.05) is 0 Å². The highest BCUT2D eigenvalue weighted by molar-refractivity contribution is 9.10. The number of ether oxygens (including phenoxy) is 2. The van der Waals surface area contributed by atoms with Gasteiger partial charge in [0.1, 0.15) is 29.6 Å². The predicted molar refractivity (Wildman–Crippen MR) is 85.4 cm³/mol. The molecule has 0 bridgehead atoms. The number of hydrogen-bond acceptors (Lipinski definition) is 6. The fourth-order valence-corrected chi connectivity index (χ4v) is 3.00. The molecule has 9 heteroatoms. The molecule has 1 aliphatic heterocycles. The van der Waals surface area contributed by atoms with Gasteiger partial charge in [0.25, 0.3) is 0 Å². The zero-order chi connectivity index (χ0) is 17.6. The molecule has 7 nitrogen and oxygen atoms in total. The molecule has 126 valence electrons. The van der Waals surface area contributed by atoms with Crippen LogP contribution in [0.4, 0.5) is 0 Å². The summed E-state index contributed by atoms with van der Waals surface area (Å²) in [5.74, 6) is 0.0716.